The van der Waals surface area contributed by atoms with Crippen molar-refractivity contribution in [2.75, 3.05) is 18.5 Å². The number of nitrogens with two attached hydrogens (primary N) is 1. The Kier molecular flexibility index (Phi) is 3.35. The maximum absolute atomic E-state index is 13.2. The maximum atomic E-state index is 13.2. The minimum Gasteiger partial charge on any atom is -0.353 e. The van der Waals surface area contributed by atoms with Crippen molar-refractivity contribution in [2.45, 2.75) is 13.0 Å². The van der Waals surface area contributed by atoms with Gasteiger partial charge in [0.25, 0.3) is 0 Å². The third kappa shape index (κ3) is 2.17. The molecule has 1 aromatic heterocycles. The smallest absolute Gasteiger partial charge is 0.168 e. The Balaban J connectivity index is 2.95. The van der Waals surface area contributed by atoms with E-state index in [4.69, 9.17) is 5.73 Å². The molecular weight excluding hydrogens is 188 g/mol. The Bertz CT molecular complexity index is 317. The standard InChI is InChI=1S/C9H13F2N3/c1-6(4-12)14(2)9-8(11)3-7(10)5-13-9/h3,5-6H,4,12H2,1-2H3. The Morgan fingerprint density at radius 2 is 2.21 bits per heavy atom. The topological polar surface area (TPSA) is 42.1 Å². The van der Waals surface area contributed by atoms with Gasteiger partial charge in [0.2, 0.25) is 0 Å². The third-order valence-corrected chi connectivity index (χ3v) is 2.12. The zero-order chi connectivity index (χ0) is 10.7. The summed E-state index contributed by atoms with van der Waals surface area (Å²) in [4.78, 5) is 5.25. The predicted octanol–water partition coefficient (Wildman–Crippen LogP) is 1.14. The number of pyridine rings is 1. The molecule has 1 rings (SSSR count). The second-order valence-electron chi connectivity index (χ2n) is 3.15. The van der Waals surface area contributed by atoms with Crippen LogP contribution in [0.4, 0.5) is 14.6 Å². The van der Waals surface area contributed by atoms with Gasteiger partial charge in [-0.1, -0.05) is 0 Å². The normalized spacial score (nSPS) is 12.6. The number of anilines is 1. The summed E-state index contributed by atoms with van der Waals surface area (Å²) in [5, 5.41) is 0. The summed E-state index contributed by atoms with van der Waals surface area (Å²) in [7, 11) is 1.67. The van der Waals surface area contributed by atoms with Crippen molar-refractivity contribution in [3.05, 3.63) is 23.9 Å². The third-order valence-electron chi connectivity index (χ3n) is 2.12. The molecule has 0 bridgehead atoms. The second kappa shape index (κ2) is 4.32. The highest BCUT2D eigenvalue weighted by Gasteiger charge is 2.14. The number of rotatable bonds is 3. The van der Waals surface area contributed by atoms with Crippen molar-refractivity contribution in [1.29, 1.82) is 0 Å². The van der Waals surface area contributed by atoms with Gasteiger partial charge in [0.15, 0.2) is 11.6 Å². The van der Waals surface area contributed by atoms with Crippen LogP contribution in [0, 0.1) is 11.6 Å². The number of hydrogen-bond donors (Lipinski definition) is 1. The molecule has 0 saturated heterocycles. The summed E-state index contributed by atoms with van der Waals surface area (Å²) in [6.45, 7) is 2.22. The highest BCUT2D eigenvalue weighted by Crippen LogP contribution is 2.16. The average molecular weight is 201 g/mol. The summed E-state index contributed by atoms with van der Waals surface area (Å²) in [6, 6.07) is 0.768. The lowest BCUT2D eigenvalue weighted by Crippen LogP contribution is -2.36. The van der Waals surface area contributed by atoms with Gasteiger partial charge in [0.05, 0.1) is 6.20 Å². The van der Waals surface area contributed by atoms with Gasteiger partial charge in [-0.3, -0.25) is 0 Å². The number of halogens is 2. The molecule has 0 radical (unpaired) electrons. The van der Waals surface area contributed by atoms with Gasteiger partial charge in [0, 0.05) is 25.7 Å². The maximum Gasteiger partial charge on any atom is 0.168 e. The fourth-order valence-corrected chi connectivity index (χ4v) is 1.03. The molecule has 0 amide bonds. The molecule has 0 aromatic carbocycles. The monoisotopic (exact) mass is 201 g/mol. The van der Waals surface area contributed by atoms with Crippen LogP contribution < -0.4 is 10.6 Å². The van der Waals surface area contributed by atoms with Crippen LogP contribution in [-0.4, -0.2) is 24.6 Å². The number of hydrogen-bond acceptors (Lipinski definition) is 3. The molecule has 5 heteroatoms. The van der Waals surface area contributed by atoms with Gasteiger partial charge in [-0.15, -0.1) is 0 Å². The van der Waals surface area contributed by atoms with E-state index in [-0.39, 0.29) is 11.9 Å². The molecule has 1 heterocycles. The molecule has 0 aliphatic rings. The van der Waals surface area contributed by atoms with Crippen LogP contribution in [0.3, 0.4) is 0 Å². The molecule has 0 fully saturated rings. The lowest BCUT2D eigenvalue weighted by Gasteiger charge is -2.24. The van der Waals surface area contributed by atoms with Crippen LogP contribution in [0.5, 0.6) is 0 Å². The first-order valence-electron chi connectivity index (χ1n) is 4.30. The fourth-order valence-electron chi connectivity index (χ4n) is 1.03. The minimum absolute atomic E-state index is 0.0394. The van der Waals surface area contributed by atoms with Gasteiger partial charge < -0.3 is 10.6 Å². The molecule has 0 aliphatic heterocycles. The van der Waals surface area contributed by atoms with Crippen LogP contribution in [0.25, 0.3) is 0 Å². The van der Waals surface area contributed by atoms with Gasteiger partial charge in [0.1, 0.15) is 5.82 Å². The zero-order valence-electron chi connectivity index (χ0n) is 8.17. The Morgan fingerprint density at radius 3 is 2.71 bits per heavy atom. The Labute approximate surface area is 81.5 Å². The minimum atomic E-state index is -0.681. The van der Waals surface area contributed by atoms with Crippen LogP contribution in [0.2, 0.25) is 0 Å². The van der Waals surface area contributed by atoms with Crippen molar-refractivity contribution in [1.82, 2.24) is 4.98 Å². The van der Waals surface area contributed by atoms with Crippen LogP contribution >= 0.6 is 0 Å². The molecule has 2 N–H and O–H groups in total. The van der Waals surface area contributed by atoms with Gasteiger partial charge in [-0.25, -0.2) is 13.8 Å². The highest BCUT2D eigenvalue weighted by atomic mass is 19.1. The largest absolute Gasteiger partial charge is 0.353 e. The summed E-state index contributed by atoms with van der Waals surface area (Å²) >= 11 is 0. The van der Waals surface area contributed by atoms with E-state index < -0.39 is 11.6 Å². The van der Waals surface area contributed by atoms with Crippen LogP contribution in [0.1, 0.15) is 6.92 Å². The predicted molar refractivity (Wildman–Crippen MR) is 51.1 cm³/mol. The van der Waals surface area contributed by atoms with E-state index >= 15 is 0 Å². The fraction of sp³-hybridized carbons (Fsp3) is 0.444. The summed E-state index contributed by atoms with van der Waals surface area (Å²) in [5.74, 6) is -1.24. The molecular formula is C9H13F2N3. The average Bonchev–Trinajstić information content (AvgIpc) is 2.15. The van der Waals surface area contributed by atoms with Crippen molar-refractivity contribution in [3.8, 4) is 0 Å². The van der Waals surface area contributed by atoms with Gasteiger partial charge in [-0.05, 0) is 6.92 Å². The molecule has 1 atom stereocenters. The van der Waals surface area contributed by atoms with Crippen molar-refractivity contribution >= 4 is 5.82 Å². The Hall–Kier alpha value is -1.23. The SMILES string of the molecule is CC(CN)N(C)c1ncc(F)cc1F. The van der Waals surface area contributed by atoms with E-state index in [1.165, 1.54) is 0 Å². The lowest BCUT2D eigenvalue weighted by molar-refractivity contribution is 0.562. The molecule has 1 aromatic rings. The molecule has 78 valence electrons. The molecule has 0 spiro atoms. The van der Waals surface area contributed by atoms with E-state index in [1.54, 1.807) is 11.9 Å². The lowest BCUT2D eigenvalue weighted by atomic mass is 10.3. The molecule has 0 aliphatic carbocycles. The molecule has 3 nitrogen and oxygen atoms in total. The van der Waals surface area contributed by atoms with E-state index in [0.717, 1.165) is 12.3 Å². The van der Waals surface area contributed by atoms with Crippen molar-refractivity contribution in [3.63, 3.8) is 0 Å². The number of aromatic nitrogens is 1. The zero-order valence-corrected chi connectivity index (χ0v) is 8.17. The van der Waals surface area contributed by atoms with E-state index in [2.05, 4.69) is 4.98 Å². The summed E-state index contributed by atoms with van der Waals surface area (Å²) in [5.41, 5.74) is 5.42. The van der Waals surface area contributed by atoms with Crippen LogP contribution in [0.15, 0.2) is 12.3 Å². The first-order chi connectivity index (χ1) is 6.56. The Morgan fingerprint density at radius 1 is 1.57 bits per heavy atom. The van der Waals surface area contributed by atoms with E-state index in [1.807, 2.05) is 6.92 Å². The quantitative estimate of drug-likeness (QED) is 0.797. The second-order valence-corrected chi connectivity index (χ2v) is 3.15. The summed E-state index contributed by atoms with van der Waals surface area (Å²) < 4.78 is 25.8. The van der Waals surface area contributed by atoms with E-state index in [0.29, 0.717) is 6.54 Å². The first-order valence-corrected chi connectivity index (χ1v) is 4.30. The van der Waals surface area contributed by atoms with Gasteiger partial charge in [-0.2, -0.15) is 0 Å². The summed E-state index contributed by atoms with van der Waals surface area (Å²) in [6.07, 6.45) is 0.984. The molecule has 1 unspecified atom stereocenters. The number of likely N-dealkylation sites (N-methyl/N-ethyl adjacent to an activating group) is 1. The first kappa shape index (κ1) is 10.8. The van der Waals surface area contributed by atoms with Crippen LogP contribution in [-0.2, 0) is 0 Å². The van der Waals surface area contributed by atoms with Gasteiger partial charge >= 0.3 is 0 Å². The molecule has 14 heavy (non-hydrogen) atoms. The highest BCUT2D eigenvalue weighted by molar-refractivity contribution is 5.39. The van der Waals surface area contributed by atoms with Crippen molar-refractivity contribution in [2.24, 2.45) is 5.73 Å². The number of nitrogens with zero attached hydrogens (tertiary/aromatic N) is 2. The van der Waals surface area contributed by atoms with E-state index in [9.17, 15) is 8.78 Å². The molecule has 0 saturated carbocycles. The van der Waals surface area contributed by atoms with Crippen molar-refractivity contribution < 1.29 is 8.78 Å².